The molecule has 0 aromatic rings. The summed E-state index contributed by atoms with van der Waals surface area (Å²) in [6.07, 6.45) is 5.45. The maximum absolute atomic E-state index is 11.3. The first-order valence-electron chi connectivity index (χ1n) is 7.24. The Hall–Kier alpha value is -0.650. The summed E-state index contributed by atoms with van der Waals surface area (Å²) in [5.41, 5.74) is -0.536. The van der Waals surface area contributed by atoms with Gasteiger partial charge in [0.15, 0.2) is 0 Å². The molecule has 5 heteroatoms. The zero-order valence-corrected chi connectivity index (χ0v) is 11.8. The molecule has 1 saturated carbocycles. The van der Waals surface area contributed by atoms with Gasteiger partial charge >= 0.3 is 5.97 Å². The van der Waals surface area contributed by atoms with Crippen molar-refractivity contribution in [3.8, 4) is 0 Å². The van der Waals surface area contributed by atoms with Crippen LogP contribution >= 0.6 is 0 Å². The summed E-state index contributed by atoms with van der Waals surface area (Å²) in [7, 11) is 1.40. The van der Waals surface area contributed by atoms with Gasteiger partial charge in [0.1, 0.15) is 0 Å². The summed E-state index contributed by atoms with van der Waals surface area (Å²) in [5.74, 6) is -0.233. The fourth-order valence-electron chi connectivity index (χ4n) is 3.10. The van der Waals surface area contributed by atoms with Crippen molar-refractivity contribution in [2.45, 2.75) is 50.2 Å². The van der Waals surface area contributed by atoms with E-state index in [9.17, 15) is 9.90 Å². The van der Waals surface area contributed by atoms with Crippen LogP contribution in [0.25, 0.3) is 0 Å². The number of hydrogen-bond donors (Lipinski definition) is 1. The summed E-state index contributed by atoms with van der Waals surface area (Å²) in [6.45, 7) is 2.86. The molecule has 5 nitrogen and oxygen atoms in total. The van der Waals surface area contributed by atoms with Crippen molar-refractivity contribution < 1.29 is 19.4 Å². The van der Waals surface area contributed by atoms with Crippen LogP contribution in [0.4, 0.5) is 0 Å². The quantitative estimate of drug-likeness (QED) is 0.771. The average Bonchev–Trinajstić information content (AvgIpc) is 2.39. The zero-order chi connectivity index (χ0) is 13.7. The number of carbonyl (C=O) groups excluding carboxylic acids is 1. The summed E-state index contributed by atoms with van der Waals surface area (Å²) in [5, 5.41) is 10.6. The Morgan fingerprint density at radius 2 is 2.16 bits per heavy atom. The van der Waals surface area contributed by atoms with Crippen molar-refractivity contribution in [1.29, 1.82) is 0 Å². The number of aliphatic hydroxyl groups is 1. The van der Waals surface area contributed by atoms with Crippen LogP contribution in [0.15, 0.2) is 0 Å². The van der Waals surface area contributed by atoms with E-state index in [1.165, 1.54) is 13.5 Å². The Balaban J connectivity index is 1.81. The van der Waals surface area contributed by atoms with Gasteiger partial charge < -0.3 is 14.6 Å². The first-order chi connectivity index (χ1) is 9.11. The topological polar surface area (TPSA) is 59.0 Å². The minimum Gasteiger partial charge on any atom is -0.469 e. The number of carbonyl (C=O) groups is 1. The van der Waals surface area contributed by atoms with Gasteiger partial charge in [-0.2, -0.15) is 0 Å². The number of rotatable bonds is 4. The third kappa shape index (κ3) is 4.44. The second-order valence-electron chi connectivity index (χ2n) is 5.79. The van der Waals surface area contributed by atoms with Crippen LogP contribution in [0, 0.1) is 0 Å². The lowest BCUT2D eigenvalue weighted by atomic mass is 9.84. The molecule has 1 aliphatic carbocycles. The van der Waals surface area contributed by atoms with Crippen molar-refractivity contribution in [3.05, 3.63) is 0 Å². The molecule has 0 bridgehead atoms. The van der Waals surface area contributed by atoms with Crippen LogP contribution in [0.2, 0.25) is 0 Å². The number of morpholine rings is 1. The maximum Gasteiger partial charge on any atom is 0.308 e. The molecule has 1 heterocycles. The van der Waals surface area contributed by atoms with Gasteiger partial charge in [0, 0.05) is 19.6 Å². The third-order valence-electron chi connectivity index (χ3n) is 4.15. The van der Waals surface area contributed by atoms with Gasteiger partial charge in [-0.1, -0.05) is 19.3 Å². The van der Waals surface area contributed by atoms with E-state index in [0.717, 1.165) is 32.2 Å². The zero-order valence-electron chi connectivity index (χ0n) is 11.8. The number of esters is 1. The third-order valence-corrected chi connectivity index (χ3v) is 4.15. The Labute approximate surface area is 114 Å². The van der Waals surface area contributed by atoms with Crippen molar-refractivity contribution >= 4 is 5.97 Å². The first-order valence-corrected chi connectivity index (χ1v) is 7.24. The number of β-amino-alcohol motifs (C(OH)–C–C–N with tert-alkyl or cyclic N) is 1. The second kappa shape index (κ2) is 6.68. The Morgan fingerprint density at radius 3 is 2.84 bits per heavy atom. The highest BCUT2D eigenvalue weighted by Gasteiger charge is 2.33. The molecule has 0 radical (unpaired) electrons. The second-order valence-corrected chi connectivity index (χ2v) is 5.79. The molecule has 0 aromatic heterocycles. The van der Waals surface area contributed by atoms with Gasteiger partial charge in [0.05, 0.1) is 31.8 Å². The molecule has 1 unspecified atom stereocenters. The molecule has 110 valence electrons. The number of methoxy groups -OCH3 is 1. The highest BCUT2D eigenvalue weighted by Crippen LogP contribution is 2.29. The van der Waals surface area contributed by atoms with Crippen LogP contribution in [0.5, 0.6) is 0 Å². The van der Waals surface area contributed by atoms with Gasteiger partial charge in [0.2, 0.25) is 0 Å². The van der Waals surface area contributed by atoms with Crippen molar-refractivity contribution in [2.75, 3.05) is 33.4 Å². The number of nitrogens with zero attached hydrogens (tertiary/aromatic N) is 1. The molecule has 1 saturated heterocycles. The van der Waals surface area contributed by atoms with E-state index in [0.29, 0.717) is 26.1 Å². The highest BCUT2D eigenvalue weighted by atomic mass is 16.5. The first kappa shape index (κ1) is 14.8. The molecule has 2 aliphatic rings. The molecular formula is C14H25NO4. The monoisotopic (exact) mass is 271 g/mol. The predicted octanol–water partition coefficient (Wildman–Crippen LogP) is 0.945. The molecule has 1 N–H and O–H groups in total. The van der Waals surface area contributed by atoms with Gasteiger partial charge in [-0.05, 0) is 12.8 Å². The van der Waals surface area contributed by atoms with E-state index in [4.69, 9.17) is 4.74 Å². The van der Waals surface area contributed by atoms with Gasteiger partial charge in [-0.25, -0.2) is 0 Å². The Bertz CT molecular complexity index is 302. The molecule has 0 amide bonds. The van der Waals surface area contributed by atoms with Gasteiger partial charge in [-0.15, -0.1) is 0 Å². The van der Waals surface area contributed by atoms with Gasteiger partial charge in [0.25, 0.3) is 0 Å². The molecule has 0 spiro atoms. The summed E-state index contributed by atoms with van der Waals surface area (Å²) >= 11 is 0. The molecular weight excluding hydrogens is 246 g/mol. The average molecular weight is 271 g/mol. The molecule has 0 aromatic carbocycles. The van der Waals surface area contributed by atoms with E-state index >= 15 is 0 Å². The predicted molar refractivity (Wildman–Crippen MR) is 70.8 cm³/mol. The van der Waals surface area contributed by atoms with E-state index in [1.807, 2.05) is 0 Å². The van der Waals surface area contributed by atoms with E-state index in [2.05, 4.69) is 9.64 Å². The Morgan fingerprint density at radius 1 is 1.42 bits per heavy atom. The van der Waals surface area contributed by atoms with Crippen LogP contribution < -0.4 is 0 Å². The van der Waals surface area contributed by atoms with Crippen LogP contribution in [-0.4, -0.2) is 61.0 Å². The number of ether oxygens (including phenoxy) is 2. The molecule has 1 atom stereocenters. The smallest absolute Gasteiger partial charge is 0.308 e. The fraction of sp³-hybridized carbons (Fsp3) is 0.929. The fourth-order valence-corrected chi connectivity index (χ4v) is 3.10. The van der Waals surface area contributed by atoms with Crippen molar-refractivity contribution in [1.82, 2.24) is 4.90 Å². The van der Waals surface area contributed by atoms with Crippen LogP contribution in [0.1, 0.15) is 38.5 Å². The highest BCUT2D eigenvalue weighted by molar-refractivity contribution is 5.69. The maximum atomic E-state index is 11.3. The minimum atomic E-state index is -0.536. The van der Waals surface area contributed by atoms with E-state index in [1.54, 1.807) is 0 Å². The SMILES string of the molecule is COC(=O)CC1CN(CC2(O)CCCCC2)CCO1. The van der Waals surface area contributed by atoms with E-state index in [-0.39, 0.29) is 12.1 Å². The lowest BCUT2D eigenvalue weighted by Crippen LogP contribution is -2.51. The van der Waals surface area contributed by atoms with Crippen LogP contribution in [0.3, 0.4) is 0 Å². The largest absolute Gasteiger partial charge is 0.469 e. The lowest BCUT2D eigenvalue weighted by Gasteiger charge is -2.40. The molecule has 2 fully saturated rings. The van der Waals surface area contributed by atoms with Gasteiger partial charge in [-0.3, -0.25) is 9.69 Å². The van der Waals surface area contributed by atoms with Crippen molar-refractivity contribution in [3.63, 3.8) is 0 Å². The molecule has 1 aliphatic heterocycles. The van der Waals surface area contributed by atoms with E-state index < -0.39 is 5.60 Å². The normalized spacial score (nSPS) is 28.0. The molecule has 2 rings (SSSR count). The lowest BCUT2D eigenvalue weighted by molar-refractivity contribution is -0.146. The standard InChI is InChI=1S/C14H25NO4/c1-18-13(16)9-12-10-15(7-8-19-12)11-14(17)5-3-2-4-6-14/h12,17H,2-11H2,1H3. The molecule has 19 heavy (non-hydrogen) atoms. The number of hydrogen-bond acceptors (Lipinski definition) is 5. The van der Waals surface area contributed by atoms with Crippen LogP contribution in [-0.2, 0) is 14.3 Å². The summed E-state index contributed by atoms with van der Waals surface area (Å²) in [6, 6.07) is 0. The Kier molecular flexibility index (Phi) is 5.19. The minimum absolute atomic E-state index is 0.103. The van der Waals surface area contributed by atoms with Crippen molar-refractivity contribution in [2.24, 2.45) is 0 Å². The summed E-state index contributed by atoms with van der Waals surface area (Å²) in [4.78, 5) is 13.5. The summed E-state index contributed by atoms with van der Waals surface area (Å²) < 4.78 is 10.2.